The van der Waals surface area contributed by atoms with Gasteiger partial charge in [0.1, 0.15) is 5.60 Å². The lowest BCUT2D eigenvalue weighted by molar-refractivity contribution is -0.156. The van der Waals surface area contributed by atoms with E-state index >= 15 is 0 Å². The van der Waals surface area contributed by atoms with Crippen LogP contribution in [0.15, 0.2) is 0 Å². The van der Waals surface area contributed by atoms with E-state index in [9.17, 15) is 19.2 Å². The van der Waals surface area contributed by atoms with Crippen LogP contribution in [-0.2, 0) is 61.8 Å². The Labute approximate surface area is 411 Å². The maximum atomic E-state index is 13.8. The Hall–Kier alpha value is -2.20. The number of esters is 1. The van der Waals surface area contributed by atoms with Crippen molar-refractivity contribution in [3.05, 3.63) is 0 Å². The Morgan fingerprint density at radius 1 is 0.500 bits per heavy atom. The first-order valence-corrected chi connectivity index (χ1v) is 25.6. The smallest absolute Gasteiger partial charge is 0.308 e. The largest absolute Gasteiger partial charge is 0.460 e. The predicted octanol–water partition coefficient (Wildman–Crippen LogP) is 4.33. The molecule has 18 heteroatoms. The Bertz CT molecular complexity index is 1270. The summed E-state index contributed by atoms with van der Waals surface area (Å²) in [7, 11) is 0. The summed E-state index contributed by atoms with van der Waals surface area (Å²) in [4.78, 5) is 52.3. The third-order valence-corrected chi connectivity index (χ3v) is 11.1. The van der Waals surface area contributed by atoms with Gasteiger partial charge in [0, 0.05) is 44.6 Å². The number of rotatable bonds is 49. The van der Waals surface area contributed by atoms with Crippen LogP contribution in [0.4, 0.5) is 0 Å². The molecule has 0 saturated heterocycles. The van der Waals surface area contributed by atoms with Gasteiger partial charge >= 0.3 is 5.97 Å². The fraction of sp³-hybridized carbons (Fsp3) is 0.920. The highest BCUT2D eigenvalue weighted by molar-refractivity contribution is 5.90. The summed E-state index contributed by atoms with van der Waals surface area (Å²) in [5.74, 6) is -0.421. The molecule has 0 bridgehead atoms. The van der Waals surface area contributed by atoms with Crippen molar-refractivity contribution in [2.24, 2.45) is 0 Å². The molecular formula is C50H99N5O13. The van der Waals surface area contributed by atoms with E-state index in [0.29, 0.717) is 150 Å². The predicted molar refractivity (Wildman–Crippen MR) is 266 cm³/mol. The number of carbonyl (C=O) groups excluding carboxylic acids is 4. The lowest BCUT2D eigenvalue weighted by Gasteiger charge is -2.35. The van der Waals surface area contributed by atoms with E-state index < -0.39 is 22.7 Å². The summed E-state index contributed by atoms with van der Waals surface area (Å²) >= 11 is 0. The molecule has 0 aromatic heterocycles. The van der Waals surface area contributed by atoms with Gasteiger partial charge in [-0.25, -0.2) is 0 Å². The monoisotopic (exact) mass is 978 g/mol. The van der Waals surface area contributed by atoms with Gasteiger partial charge < -0.3 is 63.9 Å². The highest BCUT2D eigenvalue weighted by atomic mass is 16.6. The number of amides is 1. The van der Waals surface area contributed by atoms with E-state index in [-0.39, 0.29) is 49.5 Å². The van der Waals surface area contributed by atoms with Gasteiger partial charge in [-0.3, -0.25) is 24.5 Å². The van der Waals surface area contributed by atoms with Gasteiger partial charge in [0.25, 0.3) is 0 Å². The van der Waals surface area contributed by atoms with Gasteiger partial charge in [-0.15, -0.1) is 0 Å². The van der Waals surface area contributed by atoms with Gasteiger partial charge in [0.2, 0.25) is 5.91 Å². The van der Waals surface area contributed by atoms with E-state index in [1.54, 1.807) is 0 Å². The van der Waals surface area contributed by atoms with Crippen LogP contribution in [-0.4, -0.2) is 190 Å². The third-order valence-electron chi connectivity index (χ3n) is 11.1. The molecule has 1 amide bonds. The Kier molecular flexibility index (Phi) is 40.1. The van der Waals surface area contributed by atoms with Crippen molar-refractivity contribution in [3.8, 4) is 0 Å². The molecule has 5 N–H and O–H groups in total. The number of unbranched alkanes of at least 4 members (excludes halogenated alkanes) is 1. The summed E-state index contributed by atoms with van der Waals surface area (Å²) in [5.41, 5.74) is -2.14. The molecule has 0 fully saturated rings. The minimum Gasteiger partial charge on any atom is -0.460 e. The Morgan fingerprint density at radius 3 is 1.41 bits per heavy atom. The molecule has 0 aromatic rings. The van der Waals surface area contributed by atoms with Crippen molar-refractivity contribution in [1.82, 2.24) is 26.6 Å². The molecule has 0 radical (unpaired) electrons. The number of nitrogens with one attached hydrogen (secondary N) is 5. The second-order valence-corrected chi connectivity index (χ2v) is 18.8. The lowest BCUT2D eigenvalue weighted by atomic mass is 9.85. The Balaban J connectivity index is 4.93. The van der Waals surface area contributed by atoms with Crippen LogP contribution in [0.5, 0.6) is 0 Å². The molecule has 1 unspecified atom stereocenters. The van der Waals surface area contributed by atoms with Crippen molar-refractivity contribution in [3.63, 3.8) is 0 Å². The average Bonchev–Trinajstić information content (AvgIpc) is 3.29. The van der Waals surface area contributed by atoms with E-state index in [0.717, 1.165) is 25.9 Å². The van der Waals surface area contributed by atoms with Crippen molar-refractivity contribution >= 4 is 23.4 Å². The molecule has 0 saturated carbocycles. The molecule has 0 rings (SSSR count). The first-order valence-electron chi connectivity index (χ1n) is 25.6. The molecule has 0 aliphatic heterocycles. The molecule has 0 aromatic carbocycles. The molecular weight excluding hydrogens is 879 g/mol. The quantitative estimate of drug-likeness (QED) is 0.0424. The molecule has 0 aliphatic carbocycles. The van der Waals surface area contributed by atoms with Crippen molar-refractivity contribution in [2.45, 2.75) is 169 Å². The molecule has 0 spiro atoms. The van der Waals surface area contributed by atoms with Crippen LogP contribution < -0.4 is 26.6 Å². The number of hydrogen-bond acceptors (Lipinski definition) is 17. The number of ether oxygens (including phenoxy) is 9. The number of hydrogen-bond donors (Lipinski definition) is 5. The number of ketones is 2. The fourth-order valence-electron chi connectivity index (χ4n) is 6.65. The zero-order valence-electron chi connectivity index (χ0n) is 44.5. The third kappa shape index (κ3) is 36.7. The van der Waals surface area contributed by atoms with Crippen molar-refractivity contribution in [2.75, 3.05) is 132 Å². The average molecular weight is 978 g/mol. The maximum Gasteiger partial charge on any atom is 0.308 e. The van der Waals surface area contributed by atoms with E-state index in [4.69, 9.17) is 42.6 Å². The minimum atomic E-state index is -0.901. The molecule has 2 atom stereocenters. The summed E-state index contributed by atoms with van der Waals surface area (Å²) in [6, 6.07) is 0.242. The first-order chi connectivity index (χ1) is 32.4. The van der Waals surface area contributed by atoms with Crippen LogP contribution >= 0.6 is 0 Å². The van der Waals surface area contributed by atoms with E-state index in [2.05, 4.69) is 54.3 Å². The standard InChI is InChI=1S/C50H99N5O13/c1-12-42(6)52-23-29-64-35-32-61-26-19-45(57)50(13-2,14-3)55-43(17-15-16-21-54-49(10,11)44(56)18-25-60-31-34-63-28-22-51-41(4)5)47(59)53-24-30-65-36-38-67-40-39-66-37-33-62-27-20-46(58)68-48(7,8)9/h41-43,51-52,54-55H,12-40H2,1-11H3,(H,53,59)/t42?,43-/m0/s1. The topological polar surface area (TPSA) is 211 Å². The zero-order chi connectivity index (χ0) is 50.9. The summed E-state index contributed by atoms with van der Waals surface area (Å²) in [5, 5.41) is 16.6. The summed E-state index contributed by atoms with van der Waals surface area (Å²) < 4.78 is 50.1. The second kappa shape index (κ2) is 41.4. The van der Waals surface area contributed by atoms with E-state index in [1.807, 2.05) is 48.5 Å². The van der Waals surface area contributed by atoms with E-state index in [1.165, 1.54) is 0 Å². The summed E-state index contributed by atoms with van der Waals surface area (Å²) in [6.07, 6.45) is 4.70. The Morgan fingerprint density at radius 2 is 0.941 bits per heavy atom. The second-order valence-electron chi connectivity index (χ2n) is 18.8. The van der Waals surface area contributed by atoms with Crippen molar-refractivity contribution in [1.29, 1.82) is 0 Å². The van der Waals surface area contributed by atoms with Crippen LogP contribution in [0.1, 0.15) is 134 Å². The lowest BCUT2D eigenvalue weighted by Crippen LogP contribution is -2.59. The van der Waals surface area contributed by atoms with Crippen LogP contribution in [0.2, 0.25) is 0 Å². The van der Waals surface area contributed by atoms with Gasteiger partial charge in [-0.1, -0.05) is 41.0 Å². The molecule has 0 heterocycles. The number of carbonyl (C=O) groups is 4. The molecule has 68 heavy (non-hydrogen) atoms. The first kappa shape index (κ1) is 65.8. The van der Waals surface area contributed by atoms with Crippen LogP contribution in [0, 0.1) is 0 Å². The number of Topliss-reactive ketones (excluding diaryl/α,β-unsaturated/α-hetero) is 2. The molecule has 402 valence electrons. The molecule has 18 nitrogen and oxygen atoms in total. The SMILES string of the molecule is CCC(C)NCCOCCOCCC(=O)C(CC)(CC)N[C@@H](CCCCNC(C)(C)C(=O)CCOCCOCCNC(C)C)C(=O)NCCOCCOCCOCCOCCC(=O)OC(C)(C)C. The van der Waals surface area contributed by atoms with Gasteiger partial charge in [0.15, 0.2) is 11.6 Å². The normalized spacial score (nSPS) is 13.2. The fourth-order valence-corrected chi connectivity index (χ4v) is 6.65. The zero-order valence-corrected chi connectivity index (χ0v) is 44.5. The van der Waals surface area contributed by atoms with Gasteiger partial charge in [-0.2, -0.15) is 0 Å². The van der Waals surface area contributed by atoms with Gasteiger partial charge in [0.05, 0.1) is 129 Å². The minimum absolute atomic E-state index is 0.00806. The summed E-state index contributed by atoms with van der Waals surface area (Å²) in [6.45, 7) is 30.5. The highest BCUT2D eigenvalue weighted by Gasteiger charge is 2.37. The van der Waals surface area contributed by atoms with Crippen molar-refractivity contribution < 1.29 is 61.8 Å². The van der Waals surface area contributed by atoms with Gasteiger partial charge in [-0.05, 0) is 80.2 Å². The van der Waals surface area contributed by atoms with Crippen LogP contribution in [0.3, 0.4) is 0 Å². The highest BCUT2D eigenvalue weighted by Crippen LogP contribution is 2.21. The maximum absolute atomic E-state index is 13.8. The molecule has 0 aliphatic rings. The van der Waals surface area contributed by atoms with Crippen LogP contribution in [0.25, 0.3) is 0 Å².